The Kier molecular flexibility index (Phi) is 11.2. The van der Waals surface area contributed by atoms with Crippen LogP contribution in [0.4, 0.5) is 5.69 Å². The Balaban J connectivity index is 1.04. The Bertz CT molecular complexity index is 4980. The fourth-order valence-electron chi connectivity index (χ4n) is 12.4. The summed E-state index contributed by atoms with van der Waals surface area (Å²) in [6.07, 6.45) is 0. The predicted octanol–water partition coefficient (Wildman–Crippen LogP) is 20.8. The molecule has 0 aliphatic carbocycles. The van der Waals surface area contributed by atoms with E-state index in [2.05, 4.69) is 263 Å². The second kappa shape index (κ2) is 19.5. The first-order chi connectivity index (χ1) is 41.1. The molecule has 0 N–H and O–H groups in total. The van der Waals surface area contributed by atoms with Gasteiger partial charge < -0.3 is 13.6 Å². The van der Waals surface area contributed by atoms with Gasteiger partial charge in [0.15, 0.2) is 11.4 Å². The molecule has 0 aliphatic heterocycles. The van der Waals surface area contributed by atoms with Gasteiger partial charge in [-0.05, 0) is 111 Å². The molecule has 16 aromatic rings. The van der Waals surface area contributed by atoms with E-state index in [-0.39, 0.29) is 0 Å². The van der Waals surface area contributed by atoms with Gasteiger partial charge in [-0.3, -0.25) is 0 Å². The third kappa shape index (κ3) is 7.94. The first-order valence-corrected chi connectivity index (χ1v) is 27.9. The van der Waals surface area contributed by atoms with Crippen molar-refractivity contribution < 1.29 is 4.42 Å². The van der Waals surface area contributed by atoms with Crippen LogP contribution >= 0.6 is 0 Å². The van der Waals surface area contributed by atoms with Crippen LogP contribution in [0.15, 0.2) is 290 Å². The van der Waals surface area contributed by atoms with Gasteiger partial charge in [0.1, 0.15) is 5.58 Å². The monoisotopic (exact) mass is 1060 g/mol. The number of benzene rings is 12. The molecule has 0 spiro atoms. The van der Waals surface area contributed by atoms with Crippen molar-refractivity contribution in [2.24, 2.45) is 0 Å². The lowest BCUT2D eigenvalue weighted by atomic mass is 10.0. The third-order valence-electron chi connectivity index (χ3n) is 16.4. The topological polar surface area (TPSA) is 53.1 Å². The molecule has 83 heavy (non-hydrogen) atoms. The fraction of sp³-hybridized carbons (Fsp3) is 0. The zero-order valence-corrected chi connectivity index (χ0v) is 44.8. The number of hydrogen-bond acceptors (Lipinski definition) is 3. The molecule has 0 atom stereocenters. The highest BCUT2D eigenvalue weighted by Gasteiger charge is 2.28. The second-order valence-corrected chi connectivity index (χ2v) is 21.1. The molecule has 4 aromatic heterocycles. The summed E-state index contributed by atoms with van der Waals surface area (Å²) in [6, 6.07) is 100. The van der Waals surface area contributed by atoms with Crippen molar-refractivity contribution >= 4 is 71.2 Å². The normalized spacial score (nSPS) is 11.6. The van der Waals surface area contributed by atoms with Gasteiger partial charge >= 0.3 is 0 Å². The predicted molar refractivity (Wildman–Crippen MR) is 342 cm³/mol. The van der Waals surface area contributed by atoms with Crippen molar-refractivity contribution in [1.82, 2.24) is 19.1 Å². The van der Waals surface area contributed by atoms with Gasteiger partial charge in [0.05, 0.1) is 56.7 Å². The van der Waals surface area contributed by atoms with Crippen LogP contribution in [0, 0.1) is 6.57 Å². The number of nitrogens with zero attached hydrogens (tertiary/aromatic N) is 5. The maximum atomic E-state index is 9.33. The average Bonchev–Trinajstić information content (AvgIpc) is 2.08. The number of furan rings is 1. The smallest absolute Gasteiger partial charge is 0.216 e. The van der Waals surface area contributed by atoms with Crippen LogP contribution in [0.2, 0.25) is 0 Å². The van der Waals surface area contributed by atoms with Crippen LogP contribution in [0.1, 0.15) is 0 Å². The Morgan fingerprint density at radius 3 is 1.07 bits per heavy atom. The molecule has 4 heterocycles. The van der Waals surface area contributed by atoms with E-state index in [0.29, 0.717) is 28.4 Å². The van der Waals surface area contributed by atoms with Crippen LogP contribution in [0.25, 0.3) is 160 Å². The highest BCUT2D eigenvalue weighted by molar-refractivity contribution is 6.21. The van der Waals surface area contributed by atoms with Crippen LogP contribution < -0.4 is 0 Å². The second-order valence-electron chi connectivity index (χ2n) is 21.1. The number of aromatic nitrogens is 4. The van der Waals surface area contributed by atoms with Crippen LogP contribution in [0.5, 0.6) is 0 Å². The maximum absolute atomic E-state index is 9.33. The molecule has 0 radical (unpaired) electrons. The first kappa shape index (κ1) is 47.6. The Hall–Kier alpha value is -11.4. The van der Waals surface area contributed by atoms with E-state index in [0.717, 1.165) is 133 Å². The molecule has 16 rings (SSSR count). The van der Waals surface area contributed by atoms with Gasteiger partial charge in [0.2, 0.25) is 5.69 Å². The van der Waals surface area contributed by atoms with Gasteiger partial charge in [-0.1, -0.05) is 218 Å². The van der Waals surface area contributed by atoms with E-state index in [1.807, 2.05) is 36.4 Å². The number of fused-ring (bicyclic) bond motifs is 9. The van der Waals surface area contributed by atoms with E-state index in [9.17, 15) is 6.57 Å². The first-order valence-electron chi connectivity index (χ1n) is 27.9. The molecule has 386 valence electrons. The van der Waals surface area contributed by atoms with Gasteiger partial charge in [-0.2, -0.15) is 0 Å². The summed E-state index contributed by atoms with van der Waals surface area (Å²) in [5, 5.41) is 6.06. The summed E-state index contributed by atoms with van der Waals surface area (Å²) in [6.45, 7) is 9.33. The summed E-state index contributed by atoms with van der Waals surface area (Å²) < 4.78 is 12.3. The quantitative estimate of drug-likeness (QED) is 0.135. The molecule has 6 heteroatoms. The Labute approximate surface area is 478 Å². The summed E-state index contributed by atoms with van der Waals surface area (Å²) >= 11 is 0. The minimum atomic E-state index is 0.441. The molecule has 6 nitrogen and oxygen atoms in total. The van der Waals surface area contributed by atoms with Crippen LogP contribution in [0.3, 0.4) is 0 Å². The lowest BCUT2D eigenvalue weighted by molar-refractivity contribution is 0.667. The molecule has 0 bridgehead atoms. The highest BCUT2D eigenvalue weighted by Crippen LogP contribution is 2.50. The minimum Gasteiger partial charge on any atom is -0.454 e. The van der Waals surface area contributed by atoms with Crippen molar-refractivity contribution in [3.63, 3.8) is 0 Å². The van der Waals surface area contributed by atoms with E-state index in [1.54, 1.807) is 0 Å². The number of rotatable bonds is 9. The summed E-state index contributed by atoms with van der Waals surface area (Å²) in [5.41, 5.74) is 20.3. The summed E-state index contributed by atoms with van der Waals surface area (Å²) in [5.74, 6) is 0.529. The molecule has 0 saturated carbocycles. The molecule has 0 fully saturated rings. The third-order valence-corrected chi connectivity index (χ3v) is 16.4. The Morgan fingerprint density at radius 1 is 0.313 bits per heavy atom. The number of para-hydroxylation sites is 1. The molecule has 0 unspecified atom stereocenters. The zero-order valence-electron chi connectivity index (χ0n) is 44.8. The molecular formula is C77H47N5O. The van der Waals surface area contributed by atoms with Crippen molar-refractivity contribution in [3.05, 3.63) is 297 Å². The number of hydrogen-bond donors (Lipinski definition) is 0. The molecule has 0 aliphatic rings. The fourth-order valence-corrected chi connectivity index (χ4v) is 12.4. The van der Waals surface area contributed by atoms with Crippen LogP contribution in [-0.2, 0) is 0 Å². The zero-order chi connectivity index (χ0) is 55.0. The largest absolute Gasteiger partial charge is 0.454 e. The summed E-state index contributed by atoms with van der Waals surface area (Å²) in [4.78, 5) is 15.3. The van der Waals surface area contributed by atoms with E-state index < -0.39 is 0 Å². The van der Waals surface area contributed by atoms with Crippen molar-refractivity contribution in [1.29, 1.82) is 0 Å². The lowest BCUT2D eigenvalue weighted by Gasteiger charge is -2.16. The molecule has 0 amide bonds. The van der Waals surface area contributed by atoms with Crippen molar-refractivity contribution in [2.75, 3.05) is 0 Å². The lowest BCUT2D eigenvalue weighted by Crippen LogP contribution is -2.00. The molecule has 0 saturated heterocycles. The SMILES string of the molecule is [C-]#[N+]c1cc(-n2c3ccc(-c4ccccc4)cc3c3cc(-c4ccccc4)ccc32)c2c(oc3c(-c4nc(-c5ccccc5)cc(-c5ccccc5)n4)cccc32)c1-n1c2ccc(-c3ccccc3)cc2c2cc(-c3ccccc3)ccc21. The Morgan fingerprint density at radius 2 is 0.687 bits per heavy atom. The minimum absolute atomic E-state index is 0.441. The molecule has 12 aromatic carbocycles. The average molecular weight is 1060 g/mol. The van der Waals surface area contributed by atoms with Crippen molar-refractivity contribution in [3.8, 4) is 89.8 Å². The van der Waals surface area contributed by atoms with Gasteiger partial charge in [-0.15, -0.1) is 0 Å². The van der Waals surface area contributed by atoms with E-state index >= 15 is 0 Å². The van der Waals surface area contributed by atoms with Gasteiger partial charge in [0.25, 0.3) is 0 Å². The molecular weight excluding hydrogens is 1010 g/mol. The van der Waals surface area contributed by atoms with Gasteiger partial charge in [-0.25, -0.2) is 14.8 Å². The van der Waals surface area contributed by atoms with Crippen LogP contribution in [-0.4, -0.2) is 19.1 Å². The maximum Gasteiger partial charge on any atom is 0.216 e. The van der Waals surface area contributed by atoms with E-state index in [4.69, 9.17) is 14.4 Å². The summed E-state index contributed by atoms with van der Waals surface area (Å²) in [7, 11) is 0. The van der Waals surface area contributed by atoms with Crippen molar-refractivity contribution in [2.45, 2.75) is 0 Å². The van der Waals surface area contributed by atoms with Gasteiger partial charge in [0, 0.05) is 43.7 Å². The highest BCUT2D eigenvalue weighted by atomic mass is 16.3. The van der Waals surface area contributed by atoms with E-state index in [1.165, 1.54) is 0 Å². The standard InChI is InChI=1S/C77H47N5O/c1-78-67-48-72(81-68-39-35-55(49-21-8-2-9-22-49)43-61(68)62-44-56(36-40-69(62)81)50-23-10-3-11-24-50)73-59-33-20-34-60(77-79-65(53-29-16-6-17-30-53)47-66(80-77)54-31-18-7-19-32-54)75(59)83-76(73)74(67)82-70-41-37-57(51-25-12-4-13-26-51)45-63(70)64-46-58(38-42-71(64)82)52-27-14-5-15-28-52/h2-48H.